The van der Waals surface area contributed by atoms with Crippen LogP contribution >= 0.6 is 0 Å². The van der Waals surface area contributed by atoms with Crippen molar-refractivity contribution in [2.75, 3.05) is 0 Å². The molecule has 3 aliphatic rings. The minimum absolute atomic E-state index is 0.168. The molecule has 1 spiro atoms. The highest BCUT2D eigenvalue weighted by molar-refractivity contribution is 5.91. The lowest BCUT2D eigenvalue weighted by Crippen LogP contribution is -2.62. The molecule has 0 aromatic heterocycles. The first-order valence-electron chi connectivity index (χ1n) is 21.2. The van der Waals surface area contributed by atoms with Gasteiger partial charge in [0.05, 0.1) is 36.6 Å². The molecule has 2 unspecified atom stereocenters. The summed E-state index contributed by atoms with van der Waals surface area (Å²) in [6.45, 7) is 19.1. The van der Waals surface area contributed by atoms with Crippen molar-refractivity contribution in [1.82, 2.24) is 0 Å². The van der Waals surface area contributed by atoms with Crippen molar-refractivity contribution in [3.05, 3.63) is 36.5 Å². The van der Waals surface area contributed by atoms with Gasteiger partial charge < -0.3 is 39.7 Å². The van der Waals surface area contributed by atoms with Gasteiger partial charge in [-0.05, 0) is 70.1 Å². The van der Waals surface area contributed by atoms with E-state index in [0.717, 1.165) is 19.3 Å². The van der Waals surface area contributed by atoms with E-state index < -0.39 is 89.0 Å². The number of aliphatic hydroxyl groups is 5. The van der Waals surface area contributed by atoms with E-state index >= 15 is 0 Å². The molecule has 3 rings (SSSR count). The number of carbonyl (C=O) groups is 3. The van der Waals surface area contributed by atoms with Crippen LogP contribution in [0.15, 0.2) is 36.5 Å². The summed E-state index contributed by atoms with van der Waals surface area (Å²) in [7, 11) is 0. The van der Waals surface area contributed by atoms with E-state index in [-0.39, 0.29) is 35.9 Å². The fourth-order valence-electron chi connectivity index (χ4n) is 9.01. The molecule has 0 aromatic rings. The van der Waals surface area contributed by atoms with Crippen LogP contribution in [0.2, 0.25) is 0 Å². The van der Waals surface area contributed by atoms with Crippen molar-refractivity contribution in [2.45, 2.75) is 175 Å². The van der Waals surface area contributed by atoms with Crippen LogP contribution in [0.25, 0.3) is 0 Å². The van der Waals surface area contributed by atoms with Gasteiger partial charge in [0, 0.05) is 48.0 Å². The Balaban J connectivity index is 1.99. The monoisotopic (exact) mass is 791 g/mol. The molecular formula is C45H74O11. The molecule has 3 aliphatic heterocycles. The first-order chi connectivity index (χ1) is 26.1. The Bertz CT molecular complexity index is 1390. The van der Waals surface area contributed by atoms with E-state index in [4.69, 9.17) is 14.2 Å². The van der Waals surface area contributed by atoms with Crippen molar-refractivity contribution in [2.24, 2.45) is 53.3 Å². The van der Waals surface area contributed by atoms with Crippen molar-refractivity contribution < 1.29 is 54.1 Å². The predicted octanol–water partition coefficient (Wildman–Crippen LogP) is 5.88. The summed E-state index contributed by atoms with van der Waals surface area (Å²) in [5, 5.41) is 55.0. The highest BCUT2D eigenvalue weighted by Crippen LogP contribution is 2.49. The molecule has 0 saturated carbocycles. The van der Waals surface area contributed by atoms with Gasteiger partial charge in [-0.2, -0.15) is 0 Å². The van der Waals surface area contributed by atoms with Gasteiger partial charge in [-0.15, -0.1) is 0 Å². The van der Waals surface area contributed by atoms with Gasteiger partial charge in [0.25, 0.3) is 0 Å². The normalized spacial score (nSPS) is 46.8. The number of allylic oxidation sites excluding steroid dienone is 4. The number of ether oxygens (including phenoxy) is 3. The van der Waals surface area contributed by atoms with Crippen molar-refractivity contribution in [3.8, 4) is 0 Å². The Morgan fingerprint density at radius 1 is 0.839 bits per heavy atom. The lowest BCUT2D eigenvalue weighted by atomic mass is 9.74. The molecule has 18 atom stereocenters. The molecule has 0 amide bonds. The summed E-state index contributed by atoms with van der Waals surface area (Å²) < 4.78 is 20.0. The zero-order chi connectivity index (χ0) is 42.3. The molecule has 11 heteroatoms. The summed E-state index contributed by atoms with van der Waals surface area (Å²) in [6, 6.07) is 0. The van der Waals surface area contributed by atoms with E-state index in [2.05, 4.69) is 19.9 Å². The number of esters is 1. The lowest BCUT2D eigenvalue weighted by molar-refractivity contribution is -0.371. The Morgan fingerprint density at radius 2 is 1.48 bits per heavy atom. The van der Waals surface area contributed by atoms with Gasteiger partial charge in [-0.1, -0.05) is 92.7 Å². The van der Waals surface area contributed by atoms with Gasteiger partial charge in [-0.3, -0.25) is 9.59 Å². The third kappa shape index (κ3) is 11.5. The summed E-state index contributed by atoms with van der Waals surface area (Å²) in [5.41, 5.74) is -2.18. The molecule has 2 bridgehead atoms. The fourth-order valence-corrected chi connectivity index (χ4v) is 9.01. The van der Waals surface area contributed by atoms with E-state index in [9.17, 15) is 39.9 Å². The fraction of sp³-hybridized carbons (Fsp3) is 0.800. The van der Waals surface area contributed by atoms with Crippen LogP contribution < -0.4 is 0 Å². The number of aliphatic hydroxyl groups excluding tert-OH is 4. The lowest BCUT2D eigenvalue weighted by Gasteiger charge is -2.55. The molecule has 5 N–H and O–H groups in total. The second-order valence-corrected chi connectivity index (χ2v) is 18.0. The maximum absolute atomic E-state index is 13.5. The molecule has 2 fully saturated rings. The van der Waals surface area contributed by atoms with E-state index in [0.29, 0.717) is 25.7 Å². The van der Waals surface area contributed by atoms with Gasteiger partial charge in [0.1, 0.15) is 17.5 Å². The summed E-state index contributed by atoms with van der Waals surface area (Å²) >= 11 is 0. The first-order valence-corrected chi connectivity index (χ1v) is 21.2. The Kier molecular flexibility index (Phi) is 17.7. The average molecular weight is 791 g/mol. The number of Topliss-reactive ketones (excluding diaryl/α,β-unsaturated/α-hetero) is 2. The number of fused-ring (bicyclic) bond motifs is 2. The van der Waals surface area contributed by atoms with Gasteiger partial charge in [0.15, 0.2) is 11.6 Å². The minimum atomic E-state index is -2.18. The van der Waals surface area contributed by atoms with Crippen LogP contribution in [0.3, 0.4) is 0 Å². The van der Waals surface area contributed by atoms with Crippen LogP contribution in [0, 0.1) is 53.3 Å². The van der Waals surface area contributed by atoms with Crippen LogP contribution in [0.5, 0.6) is 0 Å². The maximum Gasteiger partial charge on any atom is 0.330 e. The molecule has 56 heavy (non-hydrogen) atoms. The zero-order valence-corrected chi connectivity index (χ0v) is 35.8. The minimum Gasteiger partial charge on any atom is -0.458 e. The first kappa shape index (κ1) is 48.1. The van der Waals surface area contributed by atoms with E-state index in [1.807, 2.05) is 32.1 Å². The van der Waals surface area contributed by atoms with Crippen LogP contribution in [0.4, 0.5) is 0 Å². The van der Waals surface area contributed by atoms with Crippen LogP contribution in [-0.2, 0) is 28.6 Å². The summed E-state index contributed by atoms with van der Waals surface area (Å²) in [5.74, 6) is -7.28. The van der Waals surface area contributed by atoms with Gasteiger partial charge in [-0.25, -0.2) is 4.79 Å². The Labute approximate surface area is 336 Å². The third-order valence-corrected chi connectivity index (χ3v) is 13.4. The highest BCUT2D eigenvalue weighted by Gasteiger charge is 2.56. The van der Waals surface area contributed by atoms with Crippen molar-refractivity contribution >= 4 is 17.5 Å². The second-order valence-electron chi connectivity index (χ2n) is 18.0. The zero-order valence-electron chi connectivity index (χ0n) is 35.8. The SMILES string of the molecule is CC[C@@H]1/C=C\C=C\C[C@H](C)[C@@H](O)[C@](C)(O)C(=O)[C@H](C)[C@@H](O)[C@H](C)C(=O)[C@H](C)[C@@H](O)[C@H](C)/C=C/C(=O)OC2[C@@H](C)C(CC1)O[C@@]1(CC[C@@H](C)[C@@H](C[C@H](C)O)O1)[C@@H]2C. The Hall–Kier alpha value is -2.25. The average Bonchev–Trinajstić information content (AvgIpc) is 3.16. The number of rotatable bonds is 3. The predicted molar refractivity (Wildman–Crippen MR) is 215 cm³/mol. The van der Waals surface area contributed by atoms with Gasteiger partial charge >= 0.3 is 5.97 Å². The summed E-state index contributed by atoms with van der Waals surface area (Å²) in [6.07, 6.45) is 9.62. The van der Waals surface area contributed by atoms with E-state index in [1.54, 1.807) is 20.8 Å². The highest BCUT2D eigenvalue weighted by atomic mass is 16.7. The number of ketones is 2. The number of hydrogen-bond acceptors (Lipinski definition) is 11. The molecular weight excluding hydrogens is 716 g/mol. The number of carbonyl (C=O) groups excluding carboxylic acids is 3. The molecule has 320 valence electrons. The van der Waals surface area contributed by atoms with E-state index in [1.165, 1.54) is 39.8 Å². The second kappa shape index (κ2) is 20.6. The summed E-state index contributed by atoms with van der Waals surface area (Å²) in [4.78, 5) is 40.5. The standard InChI is InChI=1S/C45H74O11/c1-12-34-17-15-13-14-16-27(4)42(51)44(11,53)43(52)32(9)40(50)31(8)39(49)30(7)38(48)26(3)18-21-37(47)54-41-29(6)35(20-19-34)55-45(33(41)10)23-22-25(2)36(56-45)24-28(5)46/h13-15,17-18,21,25-36,38,40-42,46,48,50-51,53H,12,16,19-20,22-24H2,1-11H3/b14-13+,17-15-,21-18+/t25-,26-,27+,28+,29+,30-,31-,32-,33-,34-,35?,36-,38+,40+,41?,42-,44+,45-/m1/s1. The largest absolute Gasteiger partial charge is 0.458 e. The molecule has 2 saturated heterocycles. The smallest absolute Gasteiger partial charge is 0.330 e. The molecule has 0 aliphatic carbocycles. The third-order valence-electron chi connectivity index (χ3n) is 13.4. The van der Waals surface area contributed by atoms with Crippen molar-refractivity contribution in [1.29, 1.82) is 0 Å². The molecule has 0 radical (unpaired) electrons. The Morgan fingerprint density at radius 3 is 2.11 bits per heavy atom. The molecule has 11 nitrogen and oxygen atoms in total. The van der Waals surface area contributed by atoms with Crippen LogP contribution in [0.1, 0.15) is 121 Å². The van der Waals surface area contributed by atoms with Gasteiger partial charge in [0.2, 0.25) is 0 Å². The molecule has 0 aromatic carbocycles. The topological polar surface area (TPSA) is 180 Å². The maximum atomic E-state index is 13.5. The van der Waals surface area contributed by atoms with Crippen molar-refractivity contribution in [3.63, 3.8) is 0 Å². The number of hydrogen-bond donors (Lipinski definition) is 5. The van der Waals surface area contributed by atoms with Crippen LogP contribution in [-0.4, -0.2) is 97.2 Å². The quantitative estimate of drug-likeness (QED) is 0.216. The molecule has 3 heterocycles.